The highest BCUT2D eigenvalue weighted by Gasteiger charge is 2.42. The third-order valence-electron chi connectivity index (χ3n) is 6.12. The van der Waals surface area contributed by atoms with E-state index in [0.717, 1.165) is 34.1 Å². The van der Waals surface area contributed by atoms with Gasteiger partial charge in [0.2, 0.25) is 6.79 Å². The summed E-state index contributed by atoms with van der Waals surface area (Å²) < 4.78 is 10.9. The number of para-hydroxylation sites is 1. The highest BCUT2D eigenvalue weighted by atomic mass is 32.2. The Morgan fingerprint density at radius 2 is 1.87 bits per heavy atom. The minimum Gasteiger partial charge on any atom is -0.454 e. The second kappa shape index (κ2) is 8.26. The zero-order valence-electron chi connectivity index (χ0n) is 17.0. The molecule has 1 N–H and O–H groups in total. The van der Waals surface area contributed by atoms with Gasteiger partial charge in [-0.3, -0.25) is 4.79 Å². The molecule has 5 rings (SSSR count). The van der Waals surface area contributed by atoms with Crippen molar-refractivity contribution in [2.24, 2.45) is 5.92 Å². The molecule has 0 spiro atoms. The number of carbonyl (C=O) groups excluding carboxylic acids is 1. The normalized spacial score (nSPS) is 27.0. The van der Waals surface area contributed by atoms with E-state index in [2.05, 4.69) is 17.1 Å². The molecule has 2 fully saturated rings. The van der Waals surface area contributed by atoms with E-state index in [1.54, 1.807) is 11.8 Å². The molecule has 0 radical (unpaired) electrons. The largest absolute Gasteiger partial charge is 0.454 e. The van der Waals surface area contributed by atoms with Crippen molar-refractivity contribution in [3.05, 3.63) is 59.0 Å². The lowest BCUT2D eigenvalue weighted by Gasteiger charge is -2.39. The first-order chi connectivity index (χ1) is 14.7. The van der Waals surface area contributed by atoms with Gasteiger partial charge in [0.05, 0.1) is 4.91 Å². The molecule has 3 atom stereocenters. The highest BCUT2D eigenvalue weighted by molar-refractivity contribution is 8.05. The Labute approximate surface area is 181 Å². The van der Waals surface area contributed by atoms with Crippen molar-refractivity contribution < 1.29 is 14.3 Å². The van der Waals surface area contributed by atoms with Gasteiger partial charge in [-0.1, -0.05) is 55.8 Å². The van der Waals surface area contributed by atoms with E-state index < -0.39 is 0 Å². The zero-order valence-corrected chi connectivity index (χ0v) is 17.9. The fourth-order valence-corrected chi connectivity index (χ4v) is 5.73. The topological polar surface area (TPSA) is 50.8 Å². The molecular weight excluding hydrogens is 396 g/mol. The van der Waals surface area contributed by atoms with Crippen molar-refractivity contribution in [1.29, 1.82) is 0 Å². The molecule has 2 aliphatic heterocycles. The standard InChI is InChI=1S/C24H26N2O3S/c1-16-7-5-6-10-19(16)26-23(27)22(30-24(26)25-18-8-3-2-4-9-18)14-17-11-12-20-21(13-17)29-15-28-20/h2-4,8-9,11-14,16,19,24-25H,5-7,10,15H2,1H3/b22-14-/t16-,19-,24?/m0/s1. The summed E-state index contributed by atoms with van der Waals surface area (Å²) in [5, 5.41) is 3.58. The molecule has 1 saturated carbocycles. The first-order valence-electron chi connectivity index (χ1n) is 10.6. The summed E-state index contributed by atoms with van der Waals surface area (Å²) in [6.45, 7) is 2.53. The lowest BCUT2D eigenvalue weighted by molar-refractivity contribution is -0.129. The molecule has 5 nitrogen and oxygen atoms in total. The SMILES string of the molecule is C[C@H]1CCCC[C@@H]1N1C(=O)/C(=C/c2ccc3c(c2)OCO3)SC1Nc1ccccc1. The van der Waals surface area contributed by atoms with Gasteiger partial charge in [0.1, 0.15) is 0 Å². The molecular formula is C24H26N2O3S. The van der Waals surface area contributed by atoms with E-state index >= 15 is 0 Å². The third-order valence-corrected chi connectivity index (χ3v) is 7.23. The summed E-state index contributed by atoms with van der Waals surface area (Å²) in [5.74, 6) is 2.11. The van der Waals surface area contributed by atoms with Crippen LogP contribution in [0.15, 0.2) is 53.4 Å². The second-order valence-corrected chi connectivity index (χ2v) is 9.27. The van der Waals surface area contributed by atoms with Crippen LogP contribution >= 0.6 is 11.8 Å². The van der Waals surface area contributed by atoms with E-state index in [4.69, 9.17) is 9.47 Å². The number of carbonyl (C=O) groups is 1. The van der Waals surface area contributed by atoms with Crippen LogP contribution in [-0.4, -0.2) is 29.1 Å². The molecule has 156 valence electrons. The van der Waals surface area contributed by atoms with Crippen LogP contribution in [-0.2, 0) is 4.79 Å². The van der Waals surface area contributed by atoms with Crippen LogP contribution in [0.2, 0.25) is 0 Å². The maximum atomic E-state index is 13.5. The lowest BCUT2D eigenvalue weighted by Crippen LogP contribution is -2.48. The van der Waals surface area contributed by atoms with Gasteiger partial charge in [0, 0.05) is 11.7 Å². The van der Waals surface area contributed by atoms with Crippen LogP contribution in [0.3, 0.4) is 0 Å². The lowest BCUT2D eigenvalue weighted by atomic mass is 9.85. The molecule has 0 bridgehead atoms. The third kappa shape index (κ3) is 3.76. The molecule has 0 aromatic heterocycles. The van der Waals surface area contributed by atoms with Crippen molar-refractivity contribution in [2.75, 3.05) is 12.1 Å². The van der Waals surface area contributed by atoms with Gasteiger partial charge in [-0.25, -0.2) is 0 Å². The Morgan fingerprint density at radius 3 is 2.70 bits per heavy atom. The minimum atomic E-state index is -0.106. The summed E-state index contributed by atoms with van der Waals surface area (Å²) in [7, 11) is 0. The van der Waals surface area contributed by atoms with Crippen molar-refractivity contribution >= 4 is 29.4 Å². The Kier molecular flexibility index (Phi) is 5.34. The molecule has 1 aliphatic carbocycles. The number of amides is 1. The van der Waals surface area contributed by atoms with E-state index in [1.807, 2.05) is 54.6 Å². The van der Waals surface area contributed by atoms with Crippen molar-refractivity contribution in [1.82, 2.24) is 4.90 Å². The van der Waals surface area contributed by atoms with Crippen molar-refractivity contribution in [3.63, 3.8) is 0 Å². The summed E-state index contributed by atoms with van der Waals surface area (Å²) in [6, 6.07) is 16.2. The van der Waals surface area contributed by atoms with E-state index in [-0.39, 0.29) is 24.2 Å². The summed E-state index contributed by atoms with van der Waals surface area (Å²) >= 11 is 1.60. The van der Waals surface area contributed by atoms with Crippen LogP contribution in [0.5, 0.6) is 11.5 Å². The molecule has 1 amide bonds. The van der Waals surface area contributed by atoms with Gasteiger partial charge in [-0.15, -0.1) is 0 Å². The van der Waals surface area contributed by atoms with Gasteiger partial charge in [0.15, 0.2) is 17.0 Å². The number of ether oxygens (including phenoxy) is 2. The summed E-state index contributed by atoms with van der Waals surface area (Å²) in [4.78, 5) is 16.4. The van der Waals surface area contributed by atoms with Gasteiger partial charge >= 0.3 is 0 Å². The van der Waals surface area contributed by atoms with E-state index in [0.29, 0.717) is 5.92 Å². The molecule has 30 heavy (non-hydrogen) atoms. The number of benzene rings is 2. The van der Waals surface area contributed by atoms with Crippen LogP contribution in [0, 0.1) is 5.92 Å². The smallest absolute Gasteiger partial charge is 0.262 e. The minimum absolute atomic E-state index is 0.106. The van der Waals surface area contributed by atoms with Gasteiger partial charge in [0.25, 0.3) is 5.91 Å². The molecule has 6 heteroatoms. The van der Waals surface area contributed by atoms with Gasteiger partial charge in [-0.05, 0) is 54.7 Å². The first-order valence-corrected chi connectivity index (χ1v) is 11.5. The van der Waals surface area contributed by atoms with Gasteiger partial charge < -0.3 is 19.7 Å². The van der Waals surface area contributed by atoms with Gasteiger partial charge in [-0.2, -0.15) is 0 Å². The number of nitrogens with zero attached hydrogens (tertiary/aromatic N) is 1. The number of hydrogen-bond donors (Lipinski definition) is 1. The number of rotatable bonds is 4. The van der Waals surface area contributed by atoms with Crippen molar-refractivity contribution in [3.8, 4) is 11.5 Å². The molecule has 1 saturated heterocycles. The Morgan fingerprint density at radius 1 is 1.07 bits per heavy atom. The predicted octanol–water partition coefficient (Wildman–Crippen LogP) is 5.31. The number of hydrogen-bond acceptors (Lipinski definition) is 5. The quantitative estimate of drug-likeness (QED) is 0.677. The van der Waals surface area contributed by atoms with Crippen LogP contribution in [0.1, 0.15) is 38.2 Å². The molecule has 1 unspecified atom stereocenters. The molecule has 2 aromatic rings. The molecule has 2 aromatic carbocycles. The average molecular weight is 423 g/mol. The Hall–Kier alpha value is -2.60. The molecule has 3 aliphatic rings. The van der Waals surface area contributed by atoms with Crippen LogP contribution in [0.4, 0.5) is 5.69 Å². The molecule has 2 heterocycles. The fraction of sp³-hybridized carbons (Fsp3) is 0.375. The Bertz CT molecular complexity index is 962. The maximum Gasteiger partial charge on any atom is 0.262 e. The second-order valence-electron chi connectivity index (χ2n) is 8.14. The van der Waals surface area contributed by atoms with Crippen LogP contribution in [0.25, 0.3) is 6.08 Å². The average Bonchev–Trinajstić information content (AvgIpc) is 3.34. The number of fused-ring (bicyclic) bond motifs is 1. The van der Waals surface area contributed by atoms with E-state index in [9.17, 15) is 4.79 Å². The summed E-state index contributed by atoms with van der Waals surface area (Å²) in [6.07, 6.45) is 6.66. The van der Waals surface area contributed by atoms with Crippen molar-refractivity contribution in [2.45, 2.75) is 44.1 Å². The maximum absolute atomic E-state index is 13.5. The number of nitrogens with one attached hydrogen (secondary N) is 1. The highest BCUT2D eigenvalue weighted by Crippen LogP contribution is 2.42. The predicted molar refractivity (Wildman–Crippen MR) is 120 cm³/mol. The first kappa shape index (κ1) is 19.4. The number of anilines is 1. The number of thioether (sulfide) groups is 1. The van der Waals surface area contributed by atoms with E-state index in [1.165, 1.54) is 19.3 Å². The van der Waals surface area contributed by atoms with Crippen LogP contribution < -0.4 is 14.8 Å². The summed E-state index contributed by atoms with van der Waals surface area (Å²) in [5.41, 5.74) is 1.87. The Balaban J connectivity index is 1.45. The fourth-order valence-electron chi connectivity index (χ4n) is 4.52. The zero-order chi connectivity index (χ0) is 20.5. The monoisotopic (exact) mass is 422 g/mol.